The summed E-state index contributed by atoms with van der Waals surface area (Å²) in [5, 5.41) is 0. The van der Waals surface area contributed by atoms with Gasteiger partial charge in [0.15, 0.2) is 0 Å². The van der Waals surface area contributed by atoms with Crippen molar-refractivity contribution in [3.05, 3.63) is 46.0 Å². The van der Waals surface area contributed by atoms with E-state index in [9.17, 15) is 0 Å². The van der Waals surface area contributed by atoms with E-state index < -0.39 is 0 Å². The van der Waals surface area contributed by atoms with Gasteiger partial charge in [0.25, 0.3) is 0 Å². The second kappa shape index (κ2) is 3.39. The summed E-state index contributed by atoms with van der Waals surface area (Å²) < 4.78 is 0. The predicted molar refractivity (Wildman–Crippen MR) is 69.2 cm³/mol. The fraction of sp³-hybridized carbons (Fsp3) is 0.333. The van der Waals surface area contributed by atoms with Gasteiger partial charge in [0.2, 0.25) is 0 Å². The molecule has 2 aromatic heterocycles. The second-order valence-electron chi connectivity index (χ2n) is 4.95. The third-order valence-electron chi connectivity index (χ3n) is 3.68. The van der Waals surface area contributed by atoms with Crippen molar-refractivity contribution in [2.45, 2.75) is 34.1 Å². The lowest BCUT2D eigenvalue weighted by Crippen LogP contribution is -1.94. The van der Waals surface area contributed by atoms with Crippen LogP contribution in [0.2, 0.25) is 0 Å². The molecule has 0 saturated heterocycles. The van der Waals surface area contributed by atoms with Crippen LogP contribution in [0.15, 0.2) is 12.3 Å². The maximum absolute atomic E-state index is 4.67. The van der Waals surface area contributed by atoms with Crippen molar-refractivity contribution in [1.82, 2.24) is 9.97 Å². The molecule has 2 heterocycles. The van der Waals surface area contributed by atoms with Crippen LogP contribution in [0.1, 0.15) is 33.8 Å². The van der Waals surface area contributed by atoms with Crippen LogP contribution in [0.5, 0.6) is 0 Å². The lowest BCUT2D eigenvalue weighted by Gasteiger charge is -2.10. The summed E-state index contributed by atoms with van der Waals surface area (Å²) in [5.41, 5.74) is 10.1. The molecule has 0 N–H and O–H groups in total. The first-order valence-corrected chi connectivity index (χ1v) is 6.00. The van der Waals surface area contributed by atoms with Gasteiger partial charge in [-0.05, 0) is 56.0 Å². The van der Waals surface area contributed by atoms with Gasteiger partial charge in [-0.1, -0.05) is 0 Å². The van der Waals surface area contributed by atoms with Gasteiger partial charge in [-0.2, -0.15) is 0 Å². The van der Waals surface area contributed by atoms with E-state index in [2.05, 4.69) is 43.7 Å². The minimum Gasteiger partial charge on any atom is -0.261 e. The number of hydrogen-bond donors (Lipinski definition) is 0. The molecule has 1 aliphatic carbocycles. The molecule has 0 spiro atoms. The van der Waals surface area contributed by atoms with Crippen molar-refractivity contribution in [2.75, 3.05) is 0 Å². The van der Waals surface area contributed by atoms with E-state index in [0.29, 0.717) is 0 Å². The molecule has 3 rings (SSSR count). The van der Waals surface area contributed by atoms with Crippen molar-refractivity contribution in [3.8, 4) is 11.1 Å². The highest BCUT2D eigenvalue weighted by atomic mass is 14.7. The van der Waals surface area contributed by atoms with Crippen molar-refractivity contribution in [2.24, 2.45) is 0 Å². The molecule has 0 unspecified atom stereocenters. The first-order valence-electron chi connectivity index (χ1n) is 6.00. The molecule has 2 heteroatoms. The zero-order valence-corrected chi connectivity index (χ0v) is 10.8. The Kier molecular flexibility index (Phi) is 2.09. The number of rotatable bonds is 0. The molecule has 0 bridgehead atoms. The number of fused-ring (bicyclic) bond motifs is 3. The zero-order valence-electron chi connectivity index (χ0n) is 10.8. The summed E-state index contributed by atoms with van der Waals surface area (Å²) in [6.07, 6.45) is 2.94. The summed E-state index contributed by atoms with van der Waals surface area (Å²) >= 11 is 0. The topological polar surface area (TPSA) is 25.8 Å². The highest BCUT2D eigenvalue weighted by molar-refractivity contribution is 5.80. The molecule has 2 aromatic rings. The Hall–Kier alpha value is -1.70. The average Bonchev–Trinajstić information content (AvgIpc) is 2.62. The summed E-state index contributed by atoms with van der Waals surface area (Å²) in [6.45, 7) is 8.48. The molecule has 0 fully saturated rings. The van der Waals surface area contributed by atoms with Crippen LogP contribution in [0, 0.1) is 27.7 Å². The minimum atomic E-state index is 0.932. The Labute approximate surface area is 102 Å². The van der Waals surface area contributed by atoms with E-state index >= 15 is 0 Å². The summed E-state index contributed by atoms with van der Waals surface area (Å²) in [5.74, 6) is 0. The molecule has 0 saturated carbocycles. The monoisotopic (exact) mass is 224 g/mol. The highest BCUT2D eigenvalue weighted by Crippen LogP contribution is 2.40. The van der Waals surface area contributed by atoms with E-state index in [4.69, 9.17) is 0 Å². The maximum atomic E-state index is 4.67. The summed E-state index contributed by atoms with van der Waals surface area (Å²) in [6, 6.07) is 2.17. The largest absolute Gasteiger partial charge is 0.261 e. The van der Waals surface area contributed by atoms with Gasteiger partial charge in [0.05, 0.1) is 5.69 Å². The third-order valence-corrected chi connectivity index (χ3v) is 3.68. The van der Waals surface area contributed by atoms with Crippen molar-refractivity contribution < 1.29 is 0 Å². The van der Waals surface area contributed by atoms with Crippen LogP contribution in [0.25, 0.3) is 11.1 Å². The van der Waals surface area contributed by atoms with Crippen molar-refractivity contribution >= 4 is 0 Å². The van der Waals surface area contributed by atoms with Crippen LogP contribution in [-0.4, -0.2) is 9.97 Å². The molecule has 0 aliphatic heterocycles. The van der Waals surface area contributed by atoms with E-state index in [1.807, 2.05) is 6.20 Å². The van der Waals surface area contributed by atoms with E-state index in [-0.39, 0.29) is 0 Å². The number of aryl methyl sites for hydroxylation is 3. The highest BCUT2D eigenvalue weighted by Gasteiger charge is 2.24. The Morgan fingerprint density at radius 1 is 1.06 bits per heavy atom. The molecular weight excluding hydrogens is 208 g/mol. The Morgan fingerprint density at radius 3 is 2.59 bits per heavy atom. The molecule has 0 aromatic carbocycles. The van der Waals surface area contributed by atoms with Crippen LogP contribution in [0.4, 0.5) is 0 Å². The van der Waals surface area contributed by atoms with Gasteiger partial charge in [-0.25, -0.2) is 0 Å². The number of nitrogens with zero attached hydrogens (tertiary/aromatic N) is 2. The fourth-order valence-corrected chi connectivity index (χ4v) is 2.80. The summed E-state index contributed by atoms with van der Waals surface area (Å²) in [7, 11) is 0. The Bertz CT molecular complexity index is 627. The lowest BCUT2D eigenvalue weighted by atomic mass is 9.98. The third kappa shape index (κ3) is 1.40. The van der Waals surface area contributed by atoms with Gasteiger partial charge in [-0.15, -0.1) is 0 Å². The van der Waals surface area contributed by atoms with Crippen LogP contribution in [0.3, 0.4) is 0 Å². The molecule has 17 heavy (non-hydrogen) atoms. The molecule has 0 amide bonds. The average molecular weight is 224 g/mol. The Morgan fingerprint density at radius 2 is 1.82 bits per heavy atom. The lowest BCUT2D eigenvalue weighted by molar-refractivity contribution is 1.05. The molecule has 0 radical (unpaired) electrons. The molecule has 1 aliphatic rings. The van der Waals surface area contributed by atoms with Gasteiger partial charge < -0.3 is 0 Å². The number of aromatic nitrogens is 2. The van der Waals surface area contributed by atoms with Gasteiger partial charge in [0.1, 0.15) is 0 Å². The standard InChI is InChI=1S/C15H16N2/c1-8-5-9(2)17-13-6-12-7-16-11(4)10(3)15(12)14(8)13/h5,7H,6H2,1-4H3. The number of pyridine rings is 2. The van der Waals surface area contributed by atoms with Crippen molar-refractivity contribution in [1.29, 1.82) is 0 Å². The molecule has 2 nitrogen and oxygen atoms in total. The zero-order chi connectivity index (χ0) is 12.2. The van der Waals surface area contributed by atoms with Crippen LogP contribution in [-0.2, 0) is 6.42 Å². The van der Waals surface area contributed by atoms with Gasteiger partial charge in [0, 0.05) is 29.6 Å². The first-order chi connectivity index (χ1) is 8.08. The van der Waals surface area contributed by atoms with E-state index in [1.54, 1.807) is 0 Å². The maximum Gasteiger partial charge on any atom is 0.0532 e. The minimum absolute atomic E-state index is 0.932. The molecule has 86 valence electrons. The SMILES string of the molecule is Cc1cc(C)c2c(n1)Cc1cnc(C)c(C)c1-2. The van der Waals surface area contributed by atoms with E-state index in [0.717, 1.165) is 17.8 Å². The molecular formula is C15H16N2. The smallest absolute Gasteiger partial charge is 0.0532 e. The van der Waals surface area contributed by atoms with Crippen molar-refractivity contribution in [3.63, 3.8) is 0 Å². The van der Waals surface area contributed by atoms with Gasteiger partial charge >= 0.3 is 0 Å². The summed E-state index contributed by atoms with van der Waals surface area (Å²) in [4.78, 5) is 9.13. The van der Waals surface area contributed by atoms with Gasteiger partial charge in [-0.3, -0.25) is 9.97 Å². The van der Waals surface area contributed by atoms with Crippen LogP contribution >= 0.6 is 0 Å². The van der Waals surface area contributed by atoms with E-state index in [1.165, 1.54) is 33.5 Å². The second-order valence-corrected chi connectivity index (χ2v) is 4.95. The normalized spacial score (nSPS) is 12.5. The first kappa shape index (κ1) is 10.5. The number of hydrogen-bond acceptors (Lipinski definition) is 2. The Balaban J connectivity index is 2.37. The molecule has 0 atom stereocenters. The quantitative estimate of drug-likeness (QED) is 0.585. The predicted octanol–water partition coefficient (Wildman–Crippen LogP) is 3.28. The van der Waals surface area contributed by atoms with Crippen LogP contribution < -0.4 is 0 Å². The fourth-order valence-electron chi connectivity index (χ4n) is 2.80.